The highest BCUT2D eigenvalue weighted by molar-refractivity contribution is 5.93. The highest BCUT2D eigenvalue weighted by atomic mass is 16.6. The summed E-state index contributed by atoms with van der Waals surface area (Å²) in [5.41, 5.74) is 0.212. The van der Waals surface area contributed by atoms with Crippen LogP contribution in [0.15, 0.2) is 24.5 Å². The molecule has 0 aliphatic heterocycles. The maximum Gasteiger partial charge on any atom is 0.373 e. The maximum absolute atomic E-state index is 11.5. The first-order chi connectivity index (χ1) is 9.34. The van der Waals surface area contributed by atoms with E-state index in [2.05, 4.69) is 31.7 Å². The van der Waals surface area contributed by atoms with Gasteiger partial charge in [0.25, 0.3) is 0 Å². The third-order valence-corrected chi connectivity index (χ3v) is 2.70. The molecule has 4 nitrogen and oxygen atoms in total. The highest BCUT2D eigenvalue weighted by Gasteiger charge is 2.14. The number of rotatable bonds is 10. The van der Waals surface area contributed by atoms with E-state index in [1.807, 2.05) is 0 Å². The SMILES string of the molecule is C=C(C)C(=O)OC(=C)C(=O)OCCCCCCC(C)C. The minimum absolute atomic E-state index is 0.212. The molecule has 0 heterocycles. The summed E-state index contributed by atoms with van der Waals surface area (Å²) in [7, 11) is 0. The molecule has 0 bridgehead atoms. The van der Waals surface area contributed by atoms with Crippen LogP contribution in [-0.4, -0.2) is 18.5 Å². The van der Waals surface area contributed by atoms with Crippen molar-refractivity contribution in [2.75, 3.05) is 6.61 Å². The van der Waals surface area contributed by atoms with E-state index in [-0.39, 0.29) is 11.3 Å². The van der Waals surface area contributed by atoms with Crippen LogP contribution in [0.1, 0.15) is 52.9 Å². The first-order valence-corrected chi connectivity index (χ1v) is 7.08. The molecule has 0 rings (SSSR count). The van der Waals surface area contributed by atoms with Gasteiger partial charge in [-0.05, 0) is 25.8 Å². The monoisotopic (exact) mass is 282 g/mol. The molecule has 20 heavy (non-hydrogen) atoms. The lowest BCUT2D eigenvalue weighted by Crippen LogP contribution is -2.14. The number of hydrogen-bond acceptors (Lipinski definition) is 4. The van der Waals surface area contributed by atoms with E-state index < -0.39 is 11.9 Å². The Labute approximate surface area is 121 Å². The predicted molar refractivity (Wildman–Crippen MR) is 78.9 cm³/mol. The molecule has 0 aliphatic rings. The Kier molecular flexibility index (Phi) is 9.43. The van der Waals surface area contributed by atoms with E-state index in [1.165, 1.54) is 19.8 Å². The van der Waals surface area contributed by atoms with Crippen LogP contribution < -0.4 is 0 Å². The molecule has 0 saturated carbocycles. The molecule has 4 heteroatoms. The Balaban J connectivity index is 3.65. The van der Waals surface area contributed by atoms with Gasteiger partial charge in [-0.15, -0.1) is 0 Å². The molecule has 0 aliphatic carbocycles. The van der Waals surface area contributed by atoms with E-state index >= 15 is 0 Å². The summed E-state index contributed by atoms with van der Waals surface area (Å²) in [5, 5.41) is 0. The van der Waals surface area contributed by atoms with Crippen molar-refractivity contribution in [3.8, 4) is 0 Å². The molecule has 114 valence electrons. The summed E-state index contributed by atoms with van der Waals surface area (Å²) in [4.78, 5) is 22.6. The molecular weight excluding hydrogens is 256 g/mol. The number of hydrogen-bond donors (Lipinski definition) is 0. The number of ether oxygens (including phenoxy) is 2. The van der Waals surface area contributed by atoms with Crippen molar-refractivity contribution in [2.24, 2.45) is 5.92 Å². The summed E-state index contributed by atoms with van der Waals surface area (Å²) in [5.74, 6) is -0.917. The van der Waals surface area contributed by atoms with Crippen molar-refractivity contribution in [3.05, 3.63) is 24.5 Å². The molecule has 0 atom stereocenters. The Morgan fingerprint density at radius 2 is 1.60 bits per heavy atom. The Morgan fingerprint density at radius 3 is 2.15 bits per heavy atom. The van der Waals surface area contributed by atoms with Crippen LogP contribution in [0.4, 0.5) is 0 Å². The number of carbonyl (C=O) groups is 2. The summed E-state index contributed by atoms with van der Waals surface area (Å²) in [6.07, 6.45) is 5.41. The minimum atomic E-state index is -0.693. The molecular formula is C16H26O4. The van der Waals surface area contributed by atoms with Crippen molar-refractivity contribution < 1.29 is 19.1 Å². The first-order valence-electron chi connectivity index (χ1n) is 7.08. The average molecular weight is 282 g/mol. The molecule has 0 aromatic carbocycles. The zero-order valence-corrected chi connectivity index (χ0v) is 12.9. The fourth-order valence-corrected chi connectivity index (χ4v) is 1.49. The zero-order valence-electron chi connectivity index (χ0n) is 12.9. The highest BCUT2D eigenvalue weighted by Crippen LogP contribution is 2.10. The van der Waals surface area contributed by atoms with Crippen molar-refractivity contribution in [3.63, 3.8) is 0 Å². The predicted octanol–water partition coefficient (Wildman–Crippen LogP) is 3.77. The average Bonchev–Trinajstić information content (AvgIpc) is 2.36. The lowest BCUT2D eigenvalue weighted by molar-refractivity contribution is -0.149. The van der Waals surface area contributed by atoms with Crippen LogP contribution in [0.3, 0.4) is 0 Å². The molecule has 0 fully saturated rings. The smallest absolute Gasteiger partial charge is 0.373 e. The topological polar surface area (TPSA) is 52.6 Å². The second kappa shape index (κ2) is 10.2. The van der Waals surface area contributed by atoms with Gasteiger partial charge in [0.1, 0.15) is 0 Å². The lowest BCUT2D eigenvalue weighted by Gasteiger charge is -2.08. The lowest BCUT2D eigenvalue weighted by atomic mass is 10.0. The Bertz CT molecular complexity index is 355. The standard InChI is InChI=1S/C16H26O4/c1-12(2)10-8-6-7-9-11-19-16(18)14(5)20-15(17)13(3)4/h12H,3,5-11H2,1-2,4H3. The first kappa shape index (κ1) is 18.4. The van der Waals surface area contributed by atoms with Crippen LogP contribution in [-0.2, 0) is 19.1 Å². The maximum atomic E-state index is 11.5. The fourth-order valence-electron chi connectivity index (χ4n) is 1.49. The summed E-state index contributed by atoms with van der Waals surface area (Å²) in [6, 6.07) is 0. The van der Waals surface area contributed by atoms with Crippen molar-refractivity contribution in [2.45, 2.75) is 52.9 Å². The van der Waals surface area contributed by atoms with Gasteiger partial charge in [0.05, 0.1) is 6.61 Å². The Hall–Kier alpha value is -1.58. The molecule has 0 spiro atoms. The van der Waals surface area contributed by atoms with Crippen LogP contribution >= 0.6 is 0 Å². The molecule has 0 saturated heterocycles. The van der Waals surface area contributed by atoms with Crippen LogP contribution in [0, 0.1) is 5.92 Å². The van der Waals surface area contributed by atoms with Gasteiger partial charge in [-0.1, -0.05) is 46.1 Å². The number of carbonyl (C=O) groups excluding carboxylic acids is 2. The number of unbranched alkanes of at least 4 members (excludes halogenated alkanes) is 3. The third-order valence-electron chi connectivity index (χ3n) is 2.70. The van der Waals surface area contributed by atoms with E-state index in [9.17, 15) is 9.59 Å². The summed E-state index contributed by atoms with van der Waals surface area (Å²) in [6.45, 7) is 13.0. The van der Waals surface area contributed by atoms with Gasteiger partial charge in [-0.3, -0.25) is 0 Å². The van der Waals surface area contributed by atoms with Gasteiger partial charge in [-0.25, -0.2) is 9.59 Å². The van der Waals surface area contributed by atoms with Crippen molar-refractivity contribution >= 4 is 11.9 Å². The van der Waals surface area contributed by atoms with Gasteiger partial charge in [0, 0.05) is 5.57 Å². The molecule has 0 N–H and O–H groups in total. The second-order valence-corrected chi connectivity index (χ2v) is 5.33. The Morgan fingerprint density at radius 1 is 1.00 bits per heavy atom. The molecule has 0 radical (unpaired) electrons. The van der Waals surface area contributed by atoms with Gasteiger partial charge in [0.2, 0.25) is 5.76 Å². The quantitative estimate of drug-likeness (QED) is 0.265. The van der Waals surface area contributed by atoms with Gasteiger partial charge < -0.3 is 9.47 Å². The minimum Gasteiger partial charge on any atom is -0.460 e. The normalized spacial score (nSPS) is 10.2. The third kappa shape index (κ3) is 9.36. The van der Waals surface area contributed by atoms with E-state index in [0.717, 1.165) is 25.2 Å². The largest absolute Gasteiger partial charge is 0.460 e. The van der Waals surface area contributed by atoms with Gasteiger partial charge in [0.15, 0.2) is 0 Å². The van der Waals surface area contributed by atoms with Gasteiger partial charge in [-0.2, -0.15) is 0 Å². The van der Waals surface area contributed by atoms with Crippen LogP contribution in [0.2, 0.25) is 0 Å². The van der Waals surface area contributed by atoms with Crippen molar-refractivity contribution in [1.29, 1.82) is 0 Å². The molecule has 0 aromatic rings. The van der Waals surface area contributed by atoms with E-state index in [1.54, 1.807) is 0 Å². The summed E-state index contributed by atoms with van der Waals surface area (Å²) < 4.78 is 9.65. The van der Waals surface area contributed by atoms with Crippen molar-refractivity contribution in [1.82, 2.24) is 0 Å². The summed E-state index contributed by atoms with van der Waals surface area (Å²) >= 11 is 0. The molecule has 0 aromatic heterocycles. The number of esters is 2. The van der Waals surface area contributed by atoms with Gasteiger partial charge >= 0.3 is 11.9 Å². The second-order valence-electron chi connectivity index (χ2n) is 5.33. The van der Waals surface area contributed by atoms with Crippen LogP contribution in [0.25, 0.3) is 0 Å². The zero-order chi connectivity index (χ0) is 15.5. The fraction of sp³-hybridized carbons (Fsp3) is 0.625. The molecule has 0 amide bonds. The van der Waals surface area contributed by atoms with E-state index in [0.29, 0.717) is 6.61 Å². The van der Waals surface area contributed by atoms with E-state index in [4.69, 9.17) is 4.74 Å². The molecule has 0 unspecified atom stereocenters. The van der Waals surface area contributed by atoms with Crippen LogP contribution in [0.5, 0.6) is 0 Å².